The second kappa shape index (κ2) is 7.69. The van der Waals surface area contributed by atoms with Crippen LogP contribution in [0, 0.1) is 11.7 Å². The van der Waals surface area contributed by atoms with Gasteiger partial charge in [-0.2, -0.15) is 0 Å². The van der Waals surface area contributed by atoms with Crippen LogP contribution in [0.25, 0.3) is 0 Å². The molecule has 0 fully saturated rings. The highest BCUT2D eigenvalue weighted by molar-refractivity contribution is 6.30. The van der Waals surface area contributed by atoms with E-state index in [1.54, 1.807) is 6.92 Å². The van der Waals surface area contributed by atoms with E-state index in [1.165, 1.54) is 12.1 Å². The number of aliphatic carboxylic acids is 1. The largest absolute Gasteiger partial charge is 0.481 e. The molecule has 3 N–H and O–H groups in total. The van der Waals surface area contributed by atoms with Crippen LogP contribution in [0.15, 0.2) is 18.2 Å². The number of urea groups is 1. The van der Waals surface area contributed by atoms with Crippen molar-refractivity contribution in [1.82, 2.24) is 5.32 Å². The Morgan fingerprint density at radius 3 is 2.80 bits per heavy atom. The van der Waals surface area contributed by atoms with Gasteiger partial charge >= 0.3 is 12.0 Å². The molecule has 1 atom stereocenters. The van der Waals surface area contributed by atoms with E-state index in [2.05, 4.69) is 10.6 Å². The molecule has 5 nitrogen and oxygen atoms in total. The van der Waals surface area contributed by atoms with Gasteiger partial charge in [0.1, 0.15) is 5.82 Å². The van der Waals surface area contributed by atoms with Crippen LogP contribution in [0.3, 0.4) is 0 Å². The first kappa shape index (κ1) is 16.2. The molecule has 110 valence electrons. The summed E-state index contributed by atoms with van der Waals surface area (Å²) in [5.74, 6) is -1.90. The number of hydrogen-bond acceptors (Lipinski definition) is 2. The number of carboxylic acids is 1. The Labute approximate surface area is 121 Å². The molecule has 0 aliphatic rings. The van der Waals surface area contributed by atoms with Crippen molar-refractivity contribution in [2.75, 3.05) is 11.9 Å². The van der Waals surface area contributed by atoms with Crippen molar-refractivity contribution < 1.29 is 19.1 Å². The van der Waals surface area contributed by atoms with Crippen molar-refractivity contribution in [1.29, 1.82) is 0 Å². The maximum atomic E-state index is 13.3. The molecule has 1 rings (SSSR count). The van der Waals surface area contributed by atoms with E-state index in [1.807, 2.05) is 0 Å². The molecule has 0 aliphatic heterocycles. The SMILES string of the molecule is CC(CCCNC(=O)Nc1cc(Cl)ccc1F)C(=O)O. The predicted molar refractivity (Wildman–Crippen MR) is 74.5 cm³/mol. The molecule has 0 heterocycles. The summed E-state index contributed by atoms with van der Waals surface area (Å²) in [6.45, 7) is 1.91. The first-order valence-electron chi connectivity index (χ1n) is 6.13. The summed E-state index contributed by atoms with van der Waals surface area (Å²) < 4.78 is 13.3. The number of amides is 2. The Morgan fingerprint density at radius 2 is 2.15 bits per heavy atom. The van der Waals surface area contributed by atoms with E-state index >= 15 is 0 Å². The highest BCUT2D eigenvalue weighted by Gasteiger charge is 2.11. The third-order valence-corrected chi connectivity index (χ3v) is 2.93. The Hall–Kier alpha value is -1.82. The highest BCUT2D eigenvalue weighted by Crippen LogP contribution is 2.19. The average Bonchev–Trinajstić information content (AvgIpc) is 2.38. The van der Waals surface area contributed by atoms with Crippen LogP contribution in [0.1, 0.15) is 19.8 Å². The van der Waals surface area contributed by atoms with Crippen molar-refractivity contribution >= 4 is 29.3 Å². The van der Waals surface area contributed by atoms with E-state index in [9.17, 15) is 14.0 Å². The third kappa shape index (κ3) is 5.44. The topological polar surface area (TPSA) is 78.4 Å². The molecule has 0 bridgehead atoms. The molecular formula is C13H16ClFN2O3. The summed E-state index contributed by atoms with van der Waals surface area (Å²) in [6, 6.07) is 3.29. The van der Waals surface area contributed by atoms with Gasteiger partial charge in [0.05, 0.1) is 11.6 Å². The lowest BCUT2D eigenvalue weighted by atomic mass is 10.1. The average molecular weight is 303 g/mol. The molecule has 0 saturated carbocycles. The van der Waals surface area contributed by atoms with E-state index in [0.29, 0.717) is 24.4 Å². The van der Waals surface area contributed by atoms with Crippen molar-refractivity contribution in [3.05, 3.63) is 29.0 Å². The Balaban J connectivity index is 2.34. The van der Waals surface area contributed by atoms with Gasteiger partial charge in [0.15, 0.2) is 0 Å². The molecule has 1 aromatic rings. The van der Waals surface area contributed by atoms with Gasteiger partial charge in [0.2, 0.25) is 0 Å². The molecule has 0 aliphatic carbocycles. The molecule has 2 amide bonds. The minimum Gasteiger partial charge on any atom is -0.481 e. The summed E-state index contributed by atoms with van der Waals surface area (Å²) in [5, 5.41) is 13.9. The maximum Gasteiger partial charge on any atom is 0.319 e. The fourth-order valence-electron chi connectivity index (χ4n) is 1.49. The molecule has 1 aromatic carbocycles. The second-order valence-corrected chi connectivity index (χ2v) is 4.82. The summed E-state index contributed by atoms with van der Waals surface area (Å²) in [6.07, 6.45) is 0.986. The molecule has 0 radical (unpaired) electrons. The van der Waals surface area contributed by atoms with Gasteiger partial charge < -0.3 is 15.7 Å². The standard InChI is InChI=1S/C13H16ClFN2O3/c1-8(12(18)19)3-2-6-16-13(20)17-11-7-9(14)4-5-10(11)15/h4-5,7-8H,2-3,6H2,1H3,(H,18,19)(H2,16,17,20). The molecule has 1 unspecified atom stereocenters. The maximum absolute atomic E-state index is 13.3. The van der Waals surface area contributed by atoms with Gasteiger partial charge in [-0.1, -0.05) is 18.5 Å². The van der Waals surface area contributed by atoms with Gasteiger partial charge in [0, 0.05) is 11.6 Å². The lowest BCUT2D eigenvalue weighted by Gasteiger charge is -2.09. The first-order chi connectivity index (χ1) is 9.40. The fourth-order valence-corrected chi connectivity index (χ4v) is 1.67. The van der Waals surface area contributed by atoms with Crippen LogP contribution < -0.4 is 10.6 Å². The van der Waals surface area contributed by atoms with Gasteiger partial charge in [-0.3, -0.25) is 4.79 Å². The number of carboxylic acid groups (broad SMARTS) is 1. The van der Waals surface area contributed by atoms with Gasteiger partial charge in [-0.25, -0.2) is 9.18 Å². The molecular weight excluding hydrogens is 287 g/mol. The van der Waals surface area contributed by atoms with Crippen LogP contribution in [0.2, 0.25) is 5.02 Å². The van der Waals surface area contributed by atoms with Crippen LogP contribution in [-0.2, 0) is 4.79 Å². The Morgan fingerprint density at radius 1 is 1.45 bits per heavy atom. The van der Waals surface area contributed by atoms with Crippen LogP contribution in [-0.4, -0.2) is 23.7 Å². The van der Waals surface area contributed by atoms with Crippen LogP contribution in [0.4, 0.5) is 14.9 Å². The van der Waals surface area contributed by atoms with E-state index < -0.39 is 23.7 Å². The second-order valence-electron chi connectivity index (χ2n) is 4.39. The zero-order valence-corrected chi connectivity index (χ0v) is 11.7. The monoisotopic (exact) mass is 302 g/mol. The molecule has 0 aromatic heterocycles. The Bertz CT molecular complexity index is 497. The van der Waals surface area contributed by atoms with Crippen molar-refractivity contribution in [2.45, 2.75) is 19.8 Å². The van der Waals surface area contributed by atoms with E-state index in [4.69, 9.17) is 16.7 Å². The lowest BCUT2D eigenvalue weighted by Crippen LogP contribution is -2.30. The van der Waals surface area contributed by atoms with E-state index in [0.717, 1.165) is 6.07 Å². The summed E-state index contributed by atoms with van der Waals surface area (Å²) >= 11 is 5.70. The van der Waals surface area contributed by atoms with Crippen LogP contribution in [0.5, 0.6) is 0 Å². The number of benzene rings is 1. The van der Waals surface area contributed by atoms with Crippen molar-refractivity contribution in [2.24, 2.45) is 5.92 Å². The number of rotatable bonds is 6. The predicted octanol–water partition coefficient (Wildman–Crippen LogP) is 3.10. The van der Waals surface area contributed by atoms with Crippen LogP contribution >= 0.6 is 11.6 Å². The van der Waals surface area contributed by atoms with Gasteiger partial charge in [0.25, 0.3) is 0 Å². The minimum atomic E-state index is -0.865. The number of nitrogens with one attached hydrogen (secondary N) is 2. The number of anilines is 1. The smallest absolute Gasteiger partial charge is 0.319 e. The minimum absolute atomic E-state index is 0.00564. The third-order valence-electron chi connectivity index (χ3n) is 2.70. The van der Waals surface area contributed by atoms with Crippen molar-refractivity contribution in [3.8, 4) is 0 Å². The fraction of sp³-hybridized carbons (Fsp3) is 0.385. The number of carbonyl (C=O) groups excluding carboxylic acids is 1. The summed E-state index contributed by atoms with van der Waals surface area (Å²) in [5.41, 5.74) is -0.00564. The van der Waals surface area contributed by atoms with Gasteiger partial charge in [-0.15, -0.1) is 0 Å². The normalized spacial score (nSPS) is 11.8. The summed E-state index contributed by atoms with van der Waals surface area (Å²) in [7, 11) is 0. The zero-order valence-electron chi connectivity index (χ0n) is 11.0. The molecule has 7 heteroatoms. The first-order valence-corrected chi connectivity index (χ1v) is 6.50. The molecule has 0 saturated heterocycles. The quantitative estimate of drug-likeness (QED) is 0.707. The number of carbonyl (C=O) groups is 2. The Kier molecular flexibility index (Phi) is 6.24. The zero-order chi connectivity index (χ0) is 15.1. The van der Waals surface area contributed by atoms with Crippen molar-refractivity contribution in [3.63, 3.8) is 0 Å². The summed E-state index contributed by atoms with van der Waals surface area (Å²) in [4.78, 5) is 22.1. The number of hydrogen-bond donors (Lipinski definition) is 3. The molecule has 0 spiro atoms. The molecule has 20 heavy (non-hydrogen) atoms. The highest BCUT2D eigenvalue weighted by atomic mass is 35.5. The van der Waals surface area contributed by atoms with Gasteiger partial charge in [-0.05, 0) is 31.0 Å². The number of halogens is 2. The van der Waals surface area contributed by atoms with E-state index in [-0.39, 0.29) is 5.69 Å². The lowest BCUT2D eigenvalue weighted by molar-refractivity contribution is -0.141.